The molecule has 0 unspecified atom stereocenters. The zero-order chi connectivity index (χ0) is 7.14. The standard InChI is InChI=1S/C7H7NS2/c1-4-3-9-7-5(2)8-10-6(4)7/h3H,1-2H3. The number of nitrogens with zero attached hydrogens (tertiary/aromatic N) is 1. The molecule has 0 N–H and O–H groups in total. The Hall–Kier alpha value is -0.410. The fourth-order valence-corrected chi connectivity index (χ4v) is 2.99. The minimum absolute atomic E-state index is 1.18. The number of fused-ring (bicyclic) bond motifs is 1. The van der Waals surface area contributed by atoms with Crippen LogP contribution in [0.25, 0.3) is 9.40 Å². The van der Waals surface area contributed by atoms with E-state index in [1.807, 2.05) is 0 Å². The lowest BCUT2D eigenvalue weighted by Crippen LogP contribution is -1.60. The quantitative estimate of drug-likeness (QED) is 0.591. The molecule has 1 nitrogen and oxygen atoms in total. The molecule has 0 saturated carbocycles. The molecule has 0 bridgehead atoms. The van der Waals surface area contributed by atoms with E-state index in [2.05, 4.69) is 23.6 Å². The van der Waals surface area contributed by atoms with Gasteiger partial charge in [-0.05, 0) is 36.3 Å². The number of hydrogen-bond donors (Lipinski definition) is 0. The molecule has 10 heavy (non-hydrogen) atoms. The predicted octanol–water partition coefficient (Wildman–Crippen LogP) is 2.97. The van der Waals surface area contributed by atoms with E-state index in [4.69, 9.17) is 0 Å². The summed E-state index contributed by atoms with van der Waals surface area (Å²) in [5, 5.41) is 2.19. The van der Waals surface area contributed by atoms with E-state index in [-0.39, 0.29) is 0 Å². The third-order valence-electron chi connectivity index (χ3n) is 1.52. The van der Waals surface area contributed by atoms with E-state index in [0.29, 0.717) is 0 Å². The molecule has 0 aliphatic heterocycles. The maximum absolute atomic E-state index is 4.27. The molecule has 0 aliphatic carbocycles. The van der Waals surface area contributed by atoms with Gasteiger partial charge in [-0.2, -0.15) is 4.37 Å². The van der Waals surface area contributed by atoms with Gasteiger partial charge in [0, 0.05) is 0 Å². The predicted molar refractivity (Wildman–Crippen MR) is 47.0 cm³/mol. The SMILES string of the molecule is Cc1csc2c(C)nsc12. The van der Waals surface area contributed by atoms with Crippen LogP contribution >= 0.6 is 22.9 Å². The van der Waals surface area contributed by atoms with E-state index in [0.717, 1.165) is 0 Å². The van der Waals surface area contributed by atoms with Crippen LogP contribution < -0.4 is 0 Å². The Balaban J connectivity index is 2.95. The third kappa shape index (κ3) is 0.707. The molecule has 0 aliphatic rings. The van der Waals surface area contributed by atoms with Gasteiger partial charge in [0.25, 0.3) is 0 Å². The van der Waals surface area contributed by atoms with Gasteiger partial charge in [0.15, 0.2) is 0 Å². The van der Waals surface area contributed by atoms with Gasteiger partial charge in [0.2, 0.25) is 0 Å². The lowest BCUT2D eigenvalue weighted by Gasteiger charge is -1.75. The van der Waals surface area contributed by atoms with Crippen molar-refractivity contribution >= 4 is 32.3 Å². The molecule has 0 saturated heterocycles. The van der Waals surface area contributed by atoms with Crippen molar-refractivity contribution in [2.45, 2.75) is 13.8 Å². The summed E-state index contributed by atoms with van der Waals surface area (Å²) in [7, 11) is 0. The molecule has 2 aromatic rings. The average Bonchev–Trinajstić information content (AvgIpc) is 2.41. The second kappa shape index (κ2) is 2.04. The normalized spacial score (nSPS) is 11.0. The van der Waals surface area contributed by atoms with E-state index in [1.165, 1.54) is 20.7 Å². The van der Waals surface area contributed by atoms with Crippen LogP contribution in [-0.4, -0.2) is 4.37 Å². The lowest BCUT2D eigenvalue weighted by atomic mass is 10.3. The molecule has 0 spiro atoms. The van der Waals surface area contributed by atoms with Crippen molar-refractivity contribution < 1.29 is 0 Å². The first-order valence-corrected chi connectivity index (χ1v) is 4.74. The van der Waals surface area contributed by atoms with Crippen molar-refractivity contribution in [2.75, 3.05) is 0 Å². The molecular formula is C7H7NS2. The first-order valence-electron chi connectivity index (χ1n) is 3.09. The smallest absolute Gasteiger partial charge is 0.0689 e. The highest BCUT2D eigenvalue weighted by atomic mass is 32.1. The molecule has 3 heteroatoms. The highest BCUT2D eigenvalue weighted by Crippen LogP contribution is 2.30. The van der Waals surface area contributed by atoms with Gasteiger partial charge >= 0.3 is 0 Å². The van der Waals surface area contributed by atoms with Crippen LogP contribution in [0.4, 0.5) is 0 Å². The second-order valence-corrected chi connectivity index (χ2v) is 4.00. The molecule has 52 valence electrons. The highest BCUT2D eigenvalue weighted by Gasteiger charge is 2.04. The number of aryl methyl sites for hydroxylation is 2. The minimum Gasteiger partial charge on any atom is -0.196 e. The van der Waals surface area contributed by atoms with E-state index >= 15 is 0 Å². The Morgan fingerprint density at radius 2 is 2.10 bits per heavy atom. The summed E-state index contributed by atoms with van der Waals surface area (Å²) in [6.45, 7) is 4.20. The molecule has 0 fully saturated rings. The topological polar surface area (TPSA) is 12.9 Å². The maximum Gasteiger partial charge on any atom is 0.0689 e. The zero-order valence-electron chi connectivity index (χ0n) is 5.84. The van der Waals surface area contributed by atoms with Crippen LogP contribution in [-0.2, 0) is 0 Å². The lowest BCUT2D eigenvalue weighted by molar-refractivity contribution is 1.38. The van der Waals surface area contributed by atoms with Crippen LogP contribution in [0.3, 0.4) is 0 Å². The molecule has 0 aromatic carbocycles. The molecule has 0 radical (unpaired) electrons. The summed E-state index contributed by atoms with van der Waals surface area (Å²) < 4.78 is 7.00. The average molecular weight is 169 g/mol. The number of hydrogen-bond acceptors (Lipinski definition) is 3. The first-order chi connectivity index (χ1) is 4.79. The fraction of sp³-hybridized carbons (Fsp3) is 0.286. The second-order valence-electron chi connectivity index (χ2n) is 2.34. The van der Waals surface area contributed by atoms with Crippen LogP contribution in [0.5, 0.6) is 0 Å². The van der Waals surface area contributed by atoms with Gasteiger partial charge in [-0.1, -0.05) is 0 Å². The van der Waals surface area contributed by atoms with Crippen molar-refractivity contribution in [3.63, 3.8) is 0 Å². The molecule has 0 amide bonds. The van der Waals surface area contributed by atoms with Crippen LogP contribution in [0.15, 0.2) is 5.38 Å². The number of aromatic nitrogens is 1. The third-order valence-corrected chi connectivity index (χ3v) is 3.93. The Morgan fingerprint density at radius 3 is 2.80 bits per heavy atom. The Bertz CT molecular complexity index is 322. The van der Waals surface area contributed by atoms with Gasteiger partial charge in [-0.25, -0.2) is 0 Å². The Morgan fingerprint density at radius 1 is 1.30 bits per heavy atom. The number of rotatable bonds is 0. The maximum atomic E-state index is 4.27. The van der Waals surface area contributed by atoms with E-state index in [9.17, 15) is 0 Å². The molecular weight excluding hydrogens is 162 g/mol. The van der Waals surface area contributed by atoms with Gasteiger partial charge in [-0.15, -0.1) is 11.3 Å². The summed E-state index contributed by atoms with van der Waals surface area (Å²) in [6.07, 6.45) is 0. The van der Waals surface area contributed by atoms with E-state index in [1.54, 1.807) is 22.9 Å². The molecule has 2 heterocycles. The minimum atomic E-state index is 1.18. The Kier molecular flexibility index (Phi) is 1.28. The van der Waals surface area contributed by atoms with Crippen molar-refractivity contribution in [3.05, 3.63) is 16.6 Å². The molecule has 2 aromatic heterocycles. The highest BCUT2D eigenvalue weighted by molar-refractivity contribution is 7.24. The summed E-state index contributed by atoms with van der Waals surface area (Å²) in [6, 6.07) is 0. The molecule has 2 rings (SSSR count). The summed E-state index contributed by atoms with van der Waals surface area (Å²) in [5.41, 5.74) is 2.55. The Labute approximate surface area is 67.5 Å². The molecule has 0 atom stereocenters. The van der Waals surface area contributed by atoms with Crippen molar-refractivity contribution in [1.29, 1.82) is 0 Å². The summed E-state index contributed by atoms with van der Waals surface area (Å²) >= 11 is 3.40. The van der Waals surface area contributed by atoms with Crippen molar-refractivity contribution in [1.82, 2.24) is 4.37 Å². The first kappa shape index (κ1) is 6.31. The van der Waals surface area contributed by atoms with E-state index < -0.39 is 0 Å². The van der Waals surface area contributed by atoms with Crippen LogP contribution in [0, 0.1) is 13.8 Å². The summed E-state index contributed by atoms with van der Waals surface area (Å²) in [5.74, 6) is 0. The number of thiophene rings is 1. The van der Waals surface area contributed by atoms with Crippen molar-refractivity contribution in [2.24, 2.45) is 0 Å². The van der Waals surface area contributed by atoms with Gasteiger partial charge in [0.1, 0.15) is 0 Å². The van der Waals surface area contributed by atoms with Gasteiger partial charge in [-0.3, -0.25) is 0 Å². The fourth-order valence-electron chi connectivity index (χ4n) is 0.952. The van der Waals surface area contributed by atoms with Crippen LogP contribution in [0.2, 0.25) is 0 Å². The largest absolute Gasteiger partial charge is 0.196 e. The summed E-state index contributed by atoms with van der Waals surface area (Å²) in [4.78, 5) is 0. The van der Waals surface area contributed by atoms with Gasteiger partial charge in [0.05, 0.1) is 15.1 Å². The van der Waals surface area contributed by atoms with Crippen molar-refractivity contribution in [3.8, 4) is 0 Å². The van der Waals surface area contributed by atoms with Crippen LogP contribution in [0.1, 0.15) is 11.3 Å². The van der Waals surface area contributed by atoms with Gasteiger partial charge < -0.3 is 0 Å². The zero-order valence-corrected chi connectivity index (χ0v) is 7.47. The monoisotopic (exact) mass is 169 g/mol.